The van der Waals surface area contributed by atoms with Gasteiger partial charge in [-0.1, -0.05) is 38.3 Å². The molecule has 0 atom stereocenters. The number of aryl methyl sites for hydroxylation is 1. The highest BCUT2D eigenvalue weighted by Gasteiger charge is 2.19. The molecule has 0 bridgehead atoms. The number of hydrogen-bond donors (Lipinski definition) is 0. The van der Waals surface area contributed by atoms with E-state index in [1.54, 1.807) is 0 Å². The highest BCUT2D eigenvalue weighted by Crippen LogP contribution is 2.27. The summed E-state index contributed by atoms with van der Waals surface area (Å²) in [5.41, 5.74) is 1.93. The molecule has 0 radical (unpaired) electrons. The predicted molar refractivity (Wildman–Crippen MR) is 92.9 cm³/mol. The van der Waals surface area contributed by atoms with Crippen LogP contribution in [-0.2, 0) is 0 Å². The number of rotatable bonds is 7. The average molecular weight is 316 g/mol. The Morgan fingerprint density at radius 3 is 2.91 bits per heavy atom. The maximum absolute atomic E-state index is 5.86. The highest BCUT2D eigenvalue weighted by molar-refractivity contribution is 5.84. The molecule has 0 unspecified atom stereocenters. The second-order valence-corrected chi connectivity index (χ2v) is 6.72. The van der Waals surface area contributed by atoms with Crippen molar-refractivity contribution in [3.63, 3.8) is 0 Å². The van der Waals surface area contributed by atoms with Crippen molar-refractivity contribution in [1.29, 1.82) is 0 Å². The third-order valence-corrected chi connectivity index (χ3v) is 4.98. The monoisotopic (exact) mass is 316 g/mol. The molecule has 0 spiro atoms. The molecule has 1 aromatic carbocycles. The number of piperidine rings is 1. The SMILES string of the molecule is CCCCC1CCN(CCOc2noc3c(C)cccc23)CC1. The standard InChI is InChI=1S/C19H28N2O2/c1-3-4-7-16-9-11-21(12-10-16)13-14-22-19-17-8-5-6-15(2)18(17)23-20-19/h5-6,8,16H,3-4,7,9-14H2,1-2H3. The van der Waals surface area contributed by atoms with Crippen LogP contribution in [0.1, 0.15) is 44.6 Å². The van der Waals surface area contributed by atoms with E-state index in [4.69, 9.17) is 9.26 Å². The van der Waals surface area contributed by atoms with Crippen LogP contribution in [-0.4, -0.2) is 36.3 Å². The Kier molecular flexibility index (Phi) is 5.55. The summed E-state index contributed by atoms with van der Waals surface area (Å²) in [4.78, 5) is 2.51. The van der Waals surface area contributed by atoms with Crippen molar-refractivity contribution in [3.8, 4) is 5.88 Å². The lowest BCUT2D eigenvalue weighted by atomic mass is 9.92. The van der Waals surface area contributed by atoms with Gasteiger partial charge in [-0.05, 0) is 55.6 Å². The van der Waals surface area contributed by atoms with E-state index in [-0.39, 0.29) is 0 Å². The van der Waals surface area contributed by atoms with E-state index in [0.717, 1.165) is 29.0 Å². The zero-order valence-corrected chi connectivity index (χ0v) is 14.4. The van der Waals surface area contributed by atoms with Crippen molar-refractivity contribution in [3.05, 3.63) is 23.8 Å². The van der Waals surface area contributed by atoms with Crippen LogP contribution in [0.4, 0.5) is 0 Å². The van der Waals surface area contributed by atoms with Gasteiger partial charge in [-0.15, -0.1) is 0 Å². The number of nitrogens with zero attached hydrogens (tertiary/aromatic N) is 2. The number of fused-ring (bicyclic) bond motifs is 1. The van der Waals surface area contributed by atoms with Crippen LogP contribution in [0.15, 0.2) is 22.7 Å². The van der Waals surface area contributed by atoms with E-state index < -0.39 is 0 Å². The summed E-state index contributed by atoms with van der Waals surface area (Å²) in [6.45, 7) is 8.37. The van der Waals surface area contributed by atoms with Gasteiger partial charge in [0, 0.05) is 6.54 Å². The van der Waals surface area contributed by atoms with Gasteiger partial charge >= 0.3 is 0 Å². The van der Waals surface area contributed by atoms with Crippen molar-refractivity contribution in [2.75, 3.05) is 26.2 Å². The molecule has 1 aliphatic rings. The molecule has 1 aliphatic heterocycles. The molecule has 1 fully saturated rings. The lowest BCUT2D eigenvalue weighted by Crippen LogP contribution is -2.36. The van der Waals surface area contributed by atoms with Crippen LogP contribution in [0.3, 0.4) is 0 Å². The topological polar surface area (TPSA) is 38.5 Å². The van der Waals surface area contributed by atoms with Crippen molar-refractivity contribution in [1.82, 2.24) is 10.1 Å². The minimum atomic E-state index is 0.626. The maximum Gasteiger partial charge on any atom is 0.262 e. The molecular weight excluding hydrogens is 288 g/mol. The first-order valence-corrected chi connectivity index (χ1v) is 8.98. The Morgan fingerprint density at radius 1 is 1.30 bits per heavy atom. The second kappa shape index (κ2) is 7.82. The smallest absolute Gasteiger partial charge is 0.262 e. The molecule has 0 saturated carbocycles. The van der Waals surface area contributed by atoms with Gasteiger partial charge in [-0.3, -0.25) is 4.90 Å². The van der Waals surface area contributed by atoms with Gasteiger partial charge in [0.25, 0.3) is 5.88 Å². The Balaban J connectivity index is 1.44. The summed E-state index contributed by atoms with van der Waals surface area (Å²) < 4.78 is 11.2. The first kappa shape index (κ1) is 16.3. The Morgan fingerprint density at radius 2 is 2.13 bits per heavy atom. The second-order valence-electron chi connectivity index (χ2n) is 6.72. The van der Waals surface area contributed by atoms with Gasteiger partial charge < -0.3 is 9.26 Å². The quantitative estimate of drug-likeness (QED) is 0.758. The highest BCUT2D eigenvalue weighted by atomic mass is 16.5. The van der Waals surface area contributed by atoms with Crippen LogP contribution < -0.4 is 4.74 Å². The predicted octanol–water partition coefficient (Wildman–Crippen LogP) is 4.42. The molecule has 0 amide bonds. The van der Waals surface area contributed by atoms with Crippen molar-refractivity contribution in [2.45, 2.75) is 46.0 Å². The molecule has 0 N–H and O–H groups in total. The normalized spacial score (nSPS) is 17.0. The number of benzene rings is 1. The van der Waals surface area contributed by atoms with E-state index in [0.29, 0.717) is 12.5 Å². The summed E-state index contributed by atoms with van der Waals surface area (Å²) in [6.07, 6.45) is 6.79. The number of ether oxygens (including phenoxy) is 1. The zero-order valence-electron chi connectivity index (χ0n) is 14.4. The molecule has 23 heavy (non-hydrogen) atoms. The molecule has 2 heterocycles. The molecule has 0 aliphatic carbocycles. The number of likely N-dealkylation sites (tertiary alicyclic amines) is 1. The summed E-state index contributed by atoms with van der Waals surface area (Å²) in [7, 11) is 0. The number of aromatic nitrogens is 1. The molecule has 2 aromatic rings. The van der Waals surface area contributed by atoms with Crippen LogP contribution in [0.25, 0.3) is 11.0 Å². The molecule has 4 nitrogen and oxygen atoms in total. The van der Waals surface area contributed by atoms with Gasteiger partial charge in [0.05, 0.1) is 5.39 Å². The van der Waals surface area contributed by atoms with Gasteiger partial charge in [0.1, 0.15) is 6.61 Å². The van der Waals surface area contributed by atoms with Crippen molar-refractivity contribution >= 4 is 11.0 Å². The largest absolute Gasteiger partial charge is 0.474 e. The summed E-state index contributed by atoms with van der Waals surface area (Å²) in [5, 5.41) is 5.04. The molecular formula is C19H28N2O2. The fourth-order valence-corrected chi connectivity index (χ4v) is 3.45. The Labute approximate surface area is 138 Å². The zero-order chi connectivity index (χ0) is 16.1. The summed E-state index contributed by atoms with van der Waals surface area (Å²) >= 11 is 0. The minimum absolute atomic E-state index is 0.626. The molecule has 126 valence electrons. The van der Waals surface area contributed by atoms with Crippen LogP contribution >= 0.6 is 0 Å². The van der Waals surface area contributed by atoms with Crippen LogP contribution in [0.2, 0.25) is 0 Å². The minimum Gasteiger partial charge on any atom is -0.474 e. The van der Waals surface area contributed by atoms with E-state index in [1.165, 1.54) is 45.2 Å². The van der Waals surface area contributed by atoms with Crippen molar-refractivity contribution < 1.29 is 9.26 Å². The number of hydrogen-bond acceptors (Lipinski definition) is 4. The van der Waals surface area contributed by atoms with Gasteiger partial charge in [0.15, 0.2) is 5.58 Å². The fourth-order valence-electron chi connectivity index (χ4n) is 3.45. The van der Waals surface area contributed by atoms with E-state index in [2.05, 4.69) is 17.0 Å². The lowest BCUT2D eigenvalue weighted by molar-refractivity contribution is 0.147. The lowest BCUT2D eigenvalue weighted by Gasteiger charge is -2.31. The Bertz CT molecular complexity index is 615. The average Bonchev–Trinajstić information content (AvgIpc) is 2.99. The molecule has 1 aromatic heterocycles. The number of para-hydroxylation sites is 1. The van der Waals surface area contributed by atoms with Crippen molar-refractivity contribution in [2.24, 2.45) is 5.92 Å². The fraction of sp³-hybridized carbons (Fsp3) is 0.632. The van der Waals surface area contributed by atoms with E-state index in [1.807, 2.05) is 25.1 Å². The van der Waals surface area contributed by atoms with E-state index >= 15 is 0 Å². The van der Waals surface area contributed by atoms with Gasteiger partial charge in [0.2, 0.25) is 0 Å². The molecule has 4 heteroatoms. The van der Waals surface area contributed by atoms with Gasteiger partial charge in [-0.2, -0.15) is 0 Å². The first-order valence-electron chi connectivity index (χ1n) is 8.98. The molecule has 3 rings (SSSR count). The maximum atomic E-state index is 5.86. The van der Waals surface area contributed by atoms with Crippen LogP contribution in [0.5, 0.6) is 5.88 Å². The number of unbranched alkanes of at least 4 members (excludes halogenated alkanes) is 1. The van der Waals surface area contributed by atoms with Crippen LogP contribution in [0, 0.1) is 12.8 Å². The third-order valence-electron chi connectivity index (χ3n) is 4.98. The Hall–Kier alpha value is -1.55. The summed E-state index contributed by atoms with van der Waals surface area (Å²) in [5.74, 6) is 1.57. The summed E-state index contributed by atoms with van der Waals surface area (Å²) in [6, 6.07) is 6.05. The van der Waals surface area contributed by atoms with E-state index in [9.17, 15) is 0 Å². The third kappa shape index (κ3) is 4.05. The first-order chi connectivity index (χ1) is 11.3. The molecule has 1 saturated heterocycles. The van der Waals surface area contributed by atoms with Gasteiger partial charge in [-0.25, -0.2) is 0 Å².